The van der Waals surface area contributed by atoms with E-state index in [9.17, 15) is 0 Å². The molecule has 1 aromatic carbocycles. The molecule has 0 unspecified atom stereocenters. The van der Waals surface area contributed by atoms with Crippen molar-refractivity contribution in [2.45, 2.75) is 48.0 Å². The first-order valence-electron chi connectivity index (χ1n) is 7.02. The third-order valence-corrected chi connectivity index (χ3v) is 5.01. The lowest BCUT2D eigenvalue weighted by Gasteiger charge is -2.36. The molecule has 0 amide bonds. The zero-order chi connectivity index (χ0) is 14.2. The van der Waals surface area contributed by atoms with E-state index in [4.69, 9.17) is 9.47 Å². The maximum absolute atomic E-state index is 6.14. The van der Waals surface area contributed by atoms with Gasteiger partial charge in [-0.2, -0.15) is 0 Å². The van der Waals surface area contributed by atoms with Gasteiger partial charge in [0.15, 0.2) is 5.79 Å². The van der Waals surface area contributed by atoms with Crippen LogP contribution in [0.1, 0.15) is 13.8 Å². The number of piperidine rings is 1. The molecule has 0 saturated carbocycles. The highest BCUT2D eigenvalue weighted by Crippen LogP contribution is 2.39. The molecule has 0 radical (unpaired) electrons. The molecule has 2 aliphatic rings. The fraction of sp³-hybridized carbons (Fsp3) is 0.500. The van der Waals surface area contributed by atoms with Crippen LogP contribution in [0.15, 0.2) is 47.9 Å². The normalized spacial score (nSPS) is 35.5. The largest absolute Gasteiger partial charge is 0.343 e. The van der Waals surface area contributed by atoms with Crippen LogP contribution >= 0.6 is 11.8 Å². The number of fused-ring (bicyclic) bond motifs is 1. The zero-order valence-corrected chi connectivity index (χ0v) is 12.7. The molecule has 0 spiro atoms. The Bertz CT molecular complexity index is 477. The number of nitrogens with one attached hydrogen (secondary N) is 1. The van der Waals surface area contributed by atoms with Crippen molar-refractivity contribution < 1.29 is 9.47 Å². The van der Waals surface area contributed by atoms with Gasteiger partial charge in [-0.05, 0) is 26.0 Å². The number of hydrogen-bond acceptors (Lipinski definition) is 4. The molecule has 4 atom stereocenters. The molecular weight excluding hydrogens is 270 g/mol. The molecule has 2 aliphatic heterocycles. The Morgan fingerprint density at radius 1 is 1.25 bits per heavy atom. The summed E-state index contributed by atoms with van der Waals surface area (Å²) in [7, 11) is 0. The van der Waals surface area contributed by atoms with Crippen molar-refractivity contribution in [2.24, 2.45) is 0 Å². The van der Waals surface area contributed by atoms with Crippen LogP contribution in [0, 0.1) is 0 Å². The first-order valence-corrected chi connectivity index (χ1v) is 7.90. The van der Waals surface area contributed by atoms with Gasteiger partial charge in [0.05, 0.1) is 11.3 Å². The van der Waals surface area contributed by atoms with Gasteiger partial charge in [0.25, 0.3) is 0 Å². The first kappa shape index (κ1) is 14.1. The second-order valence-corrected chi connectivity index (χ2v) is 7.02. The van der Waals surface area contributed by atoms with Crippen molar-refractivity contribution in [1.82, 2.24) is 5.32 Å². The van der Waals surface area contributed by atoms with Gasteiger partial charge in [-0.15, -0.1) is 18.3 Å². The van der Waals surface area contributed by atoms with E-state index in [2.05, 4.69) is 36.2 Å². The zero-order valence-electron chi connectivity index (χ0n) is 11.9. The summed E-state index contributed by atoms with van der Waals surface area (Å²) >= 11 is 1.85. The van der Waals surface area contributed by atoms with Crippen LogP contribution in [0.5, 0.6) is 0 Å². The molecule has 108 valence electrons. The van der Waals surface area contributed by atoms with E-state index in [0.717, 1.165) is 6.54 Å². The summed E-state index contributed by atoms with van der Waals surface area (Å²) in [5.41, 5.74) is 0. The minimum atomic E-state index is -0.516. The number of rotatable bonds is 3. The Labute approximate surface area is 124 Å². The van der Waals surface area contributed by atoms with Crippen molar-refractivity contribution in [2.75, 3.05) is 6.54 Å². The summed E-state index contributed by atoms with van der Waals surface area (Å²) in [6.07, 6.45) is 2.06. The Morgan fingerprint density at radius 2 is 1.95 bits per heavy atom. The lowest BCUT2D eigenvalue weighted by Crippen LogP contribution is -2.56. The summed E-state index contributed by atoms with van der Waals surface area (Å²) in [5, 5.41) is 3.85. The lowest BCUT2D eigenvalue weighted by atomic mass is 9.98. The van der Waals surface area contributed by atoms with Crippen molar-refractivity contribution in [3.8, 4) is 0 Å². The van der Waals surface area contributed by atoms with Crippen LogP contribution in [0.4, 0.5) is 0 Å². The summed E-state index contributed by atoms with van der Waals surface area (Å²) in [5.74, 6) is -0.516. The molecule has 1 aromatic rings. The van der Waals surface area contributed by atoms with Crippen LogP contribution in [0.2, 0.25) is 0 Å². The van der Waals surface area contributed by atoms with Crippen molar-refractivity contribution in [3.63, 3.8) is 0 Å². The van der Waals surface area contributed by atoms with E-state index in [1.165, 1.54) is 4.90 Å². The van der Waals surface area contributed by atoms with Gasteiger partial charge in [0, 0.05) is 11.4 Å². The number of thioether (sulfide) groups is 1. The monoisotopic (exact) mass is 291 g/mol. The second kappa shape index (κ2) is 5.53. The Balaban J connectivity index is 1.78. The molecule has 2 heterocycles. The van der Waals surface area contributed by atoms with E-state index in [1.807, 2.05) is 37.8 Å². The van der Waals surface area contributed by atoms with E-state index >= 15 is 0 Å². The fourth-order valence-electron chi connectivity index (χ4n) is 2.87. The molecule has 0 aliphatic carbocycles. The van der Waals surface area contributed by atoms with Crippen molar-refractivity contribution >= 4 is 11.8 Å². The van der Waals surface area contributed by atoms with Gasteiger partial charge < -0.3 is 14.8 Å². The molecule has 1 N–H and O–H groups in total. The Morgan fingerprint density at radius 3 is 2.65 bits per heavy atom. The molecule has 3 nitrogen and oxygen atoms in total. The lowest BCUT2D eigenvalue weighted by molar-refractivity contribution is -0.145. The van der Waals surface area contributed by atoms with Crippen LogP contribution in [-0.2, 0) is 9.47 Å². The highest BCUT2D eigenvalue weighted by atomic mass is 32.2. The highest BCUT2D eigenvalue weighted by molar-refractivity contribution is 8.00. The van der Waals surface area contributed by atoms with Crippen molar-refractivity contribution in [3.05, 3.63) is 43.0 Å². The molecule has 0 aromatic heterocycles. The number of ether oxygens (including phenoxy) is 2. The maximum atomic E-state index is 6.14. The average Bonchev–Trinajstić information content (AvgIpc) is 2.76. The molecular formula is C16H21NO2S. The summed E-state index contributed by atoms with van der Waals surface area (Å²) in [6.45, 7) is 8.76. The van der Waals surface area contributed by atoms with Gasteiger partial charge >= 0.3 is 0 Å². The summed E-state index contributed by atoms with van der Waals surface area (Å²) in [6, 6.07) is 10.6. The molecule has 0 bridgehead atoms. The van der Waals surface area contributed by atoms with E-state index in [1.54, 1.807) is 0 Å². The quantitative estimate of drug-likeness (QED) is 0.868. The minimum absolute atomic E-state index is 0.0393. The van der Waals surface area contributed by atoms with Crippen LogP contribution in [-0.4, -0.2) is 35.8 Å². The van der Waals surface area contributed by atoms with Gasteiger partial charge in [-0.3, -0.25) is 0 Å². The third-order valence-electron chi connectivity index (χ3n) is 3.72. The third kappa shape index (κ3) is 2.79. The number of hydrogen-bond donors (Lipinski definition) is 1. The molecule has 2 saturated heterocycles. The van der Waals surface area contributed by atoms with Crippen molar-refractivity contribution in [1.29, 1.82) is 0 Å². The standard InChI is InChI=1S/C16H21NO2S/c1-4-12-14-15(19-16(2,3)18-14)13(10-17-12)20-11-8-6-5-7-9-11/h4-9,12-15,17H,1,10H2,2-3H3/t12-,13+,14-,15+/m0/s1. The SMILES string of the molecule is C=C[C@@H]1NC[C@@H](Sc2ccccc2)[C@H]2OC(C)(C)O[C@H]21. The van der Waals surface area contributed by atoms with Gasteiger partial charge in [-0.25, -0.2) is 0 Å². The van der Waals surface area contributed by atoms with Gasteiger partial charge in [0.2, 0.25) is 0 Å². The van der Waals surface area contributed by atoms with Crippen LogP contribution in [0.25, 0.3) is 0 Å². The molecule has 3 rings (SSSR count). The summed E-state index contributed by atoms with van der Waals surface area (Å²) in [4.78, 5) is 1.27. The Kier molecular flexibility index (Phi) is 3.91. The number of benzene rings is 1. The van der Waals surface area contributed by atoms with E-state index < -0.39 is 5.79 Å². The second-order valence-electron chi connectivity index (χ2n) is 5.70. The predicted molar refractivity (Wildman–Crippen MR) is 81.9 cm³/mol. The Hall–Kier alpha value is -0.810. The topological polar surface area (TPSA) is 30.5 Å². The summed E-state index contributed by atoms with van der Waals surface area (Å²) < 4.78 is 12.2. The molecule has 20 heavy (non-hydrogen) atoms. The van der Waals surface area contributed by atoms with Gasteiger partial charge in [-0.1, -0.05) is 24.3 Å². The predicted octanol–water partition coefficient (Wildman–Crippen LogP) is 2.83. The molecule has 2 fully saturated rings. The maximum Gasteiger partial charge on any atom is 0.163 e. The van der Waals surface area contributed by atoms with E-state index in [0.29, 0.717) is 5.25 Å². The molecule has 4 heteroatoms. The minimum Gasteiger partial charge on any atom is -0.343 e. The van der Waals surface area contributed by atoms with E-state index in [-0.39, 0.29) is 18.2 Å². The average molecular weight is 291 g/mol. The van der Waals surface area contributed by atoms with Gasteiger partial charge in [0.1, 0.15) is 12.2 Å². The fourth-order valence-corrected chi connectivity index (χ4v) is 4.05. The highest BCUT2D eigenvalue weighted by Gasteiger charge is 2.50. The van der Waals surface area contributed by atoms with Crippen LogP contribution in [0.3, 0.4) is 0 Å². The smallest absolute Gasteiger partial charge is 0.163 e. The first-order chi connectivity index (χ1) is 9.59. The van der Waals surface area contributed by atoms with Crippen LogP contribution < -0.4 is 5.32 Å².